The largest absolute Gasteiger partial charge is 0.504 e. The molecule has 164 valence electrons. The van der Waals surface area contributed by atoms with E-state index in [1.165, 1.54) is 30.5 Å². The highest BCUT2D eigenvalue weighted by Gasteiger charge is 2.83. The lowest BCUT2D eigenvalue weighted by molar-refractivity contribution is -0.248. The molecule has 0 aromatic heterocycles. The number of likely N-dealkylation sites (tertiary alicyclic amines) is 1. The van der Waals surface area contributed by atoms with Gasteiger partial charge in [0.2, 0.25) is 0 Å². The van der Waals surface area contributed by atoms with Crippen LogP contribution in [-0.4, -0.2) is 59.2 Å². The van der Waals surface area contributed by atoms with Crippen LogP contribution in [0.2, 0.25) is 0 Å². The van der Waals surface area contributed by atoms with E-state index in [0.717, 1.165) is 38.1 Å². The molecule has 31 heavy (non-hydrogen) atoms. The molecule has 2 aliphatic heterocycles. The molecule has 0 amide bonds. The van der Waals surface area contributed by atoms with Crippen LogP contribution >= 0.6 is 0 Å². The molecule has 1 aromatic rings. The number of rotatable bonds is 3. The zero-order valence-corrected chi connectivity index (χ0v) is 18.1. The van der Waals surface area contributed by atoms with Crippen molar-refractivity contribution in [3.05, 3.63) is 35.4 Å². The van der Waals surface area contributed by atoms with Crippen LogP contribution < -0.4 is 4.74 Å². The van der Waals surface area contributed by atoms with E-state index in [9.17, 15) is 10.2 Å². The van der Waals surface area contributed by atoms with Crippen LogP contribution in [0.3, 0.4) is 0 Å². The monoisotopic (exact) mass is 421 g/mol. The third kappa shape index (κ3) is 1.69. The molecule has 2 heterocycles. The minimum atomic E-state index is -0.633. The van der Waals surface area contributed by atoms with Crippen LogP contribution in [0.25, 0.3) is 0 Å². The molecule has 5 nitrogen and oxygen atoms in total. The van der Waals surface area contributed by atoms with Crippen molar-refractivity contribution in [2.24, 2.45) is 23.2 Å². The summed E-state index contributed by atoms with van der Waals surface area (Å²) < 4.78 is 13.1. The molecular formula is C26H31NO4. The average Bonchev–Trinajstić information content (AvgIpc) is 3.38. The zero-order chi connectivity index (χ0) is 20.8. The third-order valence-corrected chi connectivity index (χ3v) is 10.7. The summed E-state index contributed by atoms with van der Waals surface area (Å²) in [5, 5.41) is 22.1. The molecule has 3 saturated carbocycles. The van der Waals surface area contributed by atoms with Gasteiger partial charge in [0.1, 0.15) is 11.7 Å². The smallest absolute Gasteiger partial charge is 0.165 e. The molecule has 2 unspecified atom stereocenters. The van der Waals surface area contributed by atoms with Crippen LogP contribution in [0.15, 0.2) is 24.3 Å². The number of nitrogens with zero attached hydrogens (tertiary/aromatic N) is 1. The third-order valence-electron chi connectivity index (χ3n) is 10.7. The molecule has 4 bridgehead atoms. The molecule has 1 aromatic carbocycles. The predicted octanol–water partition coefficient (Wildman–Crippen LogP) is 2.77. The summed E-state index contributed by atoms with van der Waals surface area (Å²) in [6, 6.07) is 4.40. The topological polar surface area (TPSA) is 62.2 Å². The number of piperidine rings is 1. The Bertz CT molecular complexity index is 1030. The summed E-state index contributed by atoms with van der Waals surface area (Å²) >= 11 is 0. The van der Waals surface area contributed by atoms with Crippen molar-refractivity contribution in [2.45, 2.75) is 67.8 Å². The molecule has 5 heteroatoms. The fourth-order valence-corrected chi connectivity index (χ4v) is 9.61. The second-order valence-electron chi connectivity index (χ2n) is 11.4. The van der Waals surface area contributed by atoms with Gasteiger partial charge < -0.3 is 19.7 Å². The molecule has 8 aliphatic rings. The minimum Gasteiger partial charge on any atom is -0.504 e. The lowest BCUT2D eigenvalue weighted by Crippen LogP contribution is -2.82. The second kappa shape index (κ2) is 5.32. The molecule has 1 saturated heterocycles. The average molecular weight is 422 g/mol. The summed E-state index contributed by atoms with van der Waals surface area (Å²) in [7, 11) is 1.79. The number of ether oxygens (including phenoxy) is 2. The molecule has 6 aliphatic carbocycles. The van der Waals surface area contributed by atoms with Crippen molar-refractivity contribution in [3.8, 4) is 11.5 Å². The Balaban J connectivity index is 1.44. The Hall–Kier alpha value is -1.56. The van der Waals surface area contributed by atoms with Gasteiger partial charge in [-0.15, -0.1) is 0 Å². The van der Waals surface area contributed by atoms with Crippen LogP contribution in [-0.2, 0) is 16.6 Å². The van der Waals surface area contributed by atoms with Crippen LogP contribution in [0, 0.1) is 23.2 Å². The lowest BCUT2D eigenvalue weighted by Gasteiger charge is -2.73. The van der Waals surface area contributed by atoms with Gasteiger partial charge in [0.05, 0.1) is 11.5 Å². The number of aromatic hydroxyl groups is 1. The number of hydrogen-bond donors (Lipinski definition) is 2. The van der Waals surface area contributed by atoms with Gasteiger partial charge in [0.15, 0.2) is 11.5 Å². The molecule has 0 radical (unpaired) electrons. The Kier molecular flexibility index (Phi) is 3.08. The lowest BCUT2D eigenvalue weighted by atomic mass is 9.34. The highest BCUT2D eigenvalue weighted by molar-refractivity contribution is 5.65. The zero-order valence-electron chi connectivity index (χ0n) is 18.1. The van der Waals surface area contributed by atoms with Crippen LogP contribution in [0.1, 0.15) is 43.2 Å². The molecular weight excluding hydrogens is 390 g/mol. The fourth-order valence-electron chi connectivity index (χ4n) is 9.61. The Morgan fingerprint density at radius 3 is 2.87 bits per heavy atom. The number of aliphatic hydroxyl groups is 1. The number of hydrogen-bond acceptors (Lipinski definition) is 5. The molecule has 4 fully saturated rings. The summed E-state index contributed by atoms with van der Waals surface area (Å²) in [5.74, 6) is 2.26. The van der Waals surface area contributed by atoms with Crippen molar-refractivity contribution < 1.29 is 19.7 Å². The van der Waals surface area contributed by atoms with Gasteiger partial charge in [-0.25, -0.2) is 0 Å². The highest BCUT2D eigenvalue weighted by atomic mass is 16.6. The van der Waals surface area contributed by atoms with Crippen molar-refractivity contribution in [2.75, 3.05) is 20.2 Å². The maximum absolute atomic E-state index is 11.2. The molecule has 9 rings (SSSR count). The number of phenolic OH excluding ortho intramolecular Hbond substituents is 1. The van der Waals surface area contributed by atoms with Crippen molar-refractivity contribution >= 4 is 0 Å². The first-order valence-electron chi connectivity index (χ1n) is 12.3. The minimum absolute atomic E-state index is 0.0563. The summed E-state index contributed by atoms with van der Waals surface area (Å²) in [6.45, 7) is 2.29. The maximum Gasteiger partial charge on any atom is 0.165 e. The van der Waals surface area contributed by atoms with E-state index in [4.69, 9.17) is 9.47 Å². The Labute approximate surface area is 183 Å². The fraction of sp³-hybridized carbons (Fsp3) is 0.692. The Morgan fingerprint density at radius 2 is 2.06 bits per heavy atom. The predicted molar refractivity (Wildman–Crippen MR) is 114 cm³/mol. The van der Waals surface area contributed by atoms with Gasteiger partial charge in [-0.1, -0.05) is 18.2 Å². The van der Waals surface area contributed by atoms with E-state index in [1.807, 2.05) is 6.07 Å². The van der Waals surface area contributed by atoms with Gasteiger partial charge in [-0.05, 0) is 68.5 Å². The van der Waals surface area contributed by atoms with Gasteiger partial charge in [0.25, 0.3) is 0 Å². The van der Waals surface area contributed by atoms with Crippen molar-refractivity contribution in [1.29, 1.82) is 0 Å². The van der Waals surface area contributed by atoms with Crippen LogP contribution in [0.5, 0.6) is 11.5 Å². The van der Waals surface area contributed by atoms with Gasteiger partial charge in [-0.2, -0.15) is 0 Å². The first kappa shape index (κ1) is 17.9. The number of aliphatic hydroxyl groups excluding tert-OH is 1. The standard InChI is InChI=1S/C26H31NO4/c1-30-26-9-8-24(16-5-7-17(28)21(16)26)19-12-15-4-6-18(29)22-20(15)25(24,23(26)31-22)10-11-27(19)13-14-2-3-14/h4,6,8-9,14,16-17,19,21,23,28-29H,2-3,5,7,10-13H2,1H3/t16-,17?,19+,21-,23?,24-,25+,26-/m1/s1. The maximum atomic E-state index is 11.2. The highest BCUT2D eigenvalue weighted by Crippen LogP contribution is 2.78. The number of benzene rings is 1. The first-order valence-corrected chi connectivity index (χ1v) is 12.3. The number of phenols is 1. The quantitative estimate of drug-likeness (QED) is 0.735. The van der Waals surface area contributed by atoms with E-state index in [1.54, 1.807) is 7.11 Å². The van der Waals surface area contributed by atoms with E-state index in [0.29, 0.717) is 17.7 Å². The van der Waals surface area contributed by atoms with Crippen molar-refractivity contribution in [1.82, 2.24) is 4.90 Å². The van der Waals surface area contributed by atoms with Gasteiger partial charge >= 0.3 is 0 Å². The van der Waals surface area contributed by atoms with Crippen molar-refractivity contribution in [3.63, 3.8) is 0 Å². The summed E-state index contributed by atoms with van der Waals surface area (Å²) in [5.41, 5.74) is 1.76. The van der Waals surface area contributed by atoms with E-state index < -0.39 is 5.60 Å². The normalized spacial score (nSPS) is 50.3. The summed E-state index contributed by atoms with van der Waals surface area (Å²) in [6.07, 6.45) is 10.9. The van der Waals surface area contributed by atoms with Crippen LogP contribution in [0.4, 0.5) is 0 Å². The molecule has 2 spiro atoms. The first-order chi connectivity index (χ1) is 15.1. The second-order valence-corrected chi connectivity index (χ2v) is 11.4. The SMILES string of the molecule is CO[C@]12C=C[C@@]3([C@@H]4CCC(O)[C@@H]41)[C@@H]1Cc4ccc(O)c5c4[C@@]3(CCN1CC1CC1)C2O5. The summed E-state index contributed by atoms with van der Waals surface area (Å²) in [4.78, 5) is 2.80. The molecule has 2 N–H and O–H groups in total. The van der Waals surface area contributed by atoms with E-state index in [-0.39, 0.29) is 34.7 Å². The van der Waals surface area contributed by atoms with Gasteiger partial charge in [-0.3, -0.25) is 4.90 Å². The number of methoxy groups -OCH3 is 1. The van der Waals surface area contributed by atoms with E-state index >= 15 is 0 Å². The van der Waals surface area contributed by atoms with Gasteiger partial charge in [0, 0.05) is 36.6 Å². The Morgan fingerprint density at radius 1 is 1.19 bits per heavy atom. The molecule has 8 atom stereocenters. The van der Waals surface area contributed by atoms with E-state index in [2.05, 4.69) is 23.1 Å².